The molecule has 32 heavy (non-hydrogen) atoms. The van der Waals surface area contributed by atoms with E-state index < -0.39 is 4.92 Å². The van der Waals surface area contributed by atoms with Crippen molar-refractivity contribution in [3.63, 3.8) is 0 Å². The molecule has 1 N–H and O–H groups in total. The highest BCUT2D eigenvalue weighted by Crippen LogP contribution is 2.53. The minimum atomic E-state index is -0.538. The van der Waals surface area contributed by atoms with Crippen molar-refractivity contribution in [3.8, 4) is 11.5 Å². The van der Waals surface area contributed by atoms with Crippen molar-refractivity contribution in [2.45, 2.75) is 6.42 Å². The van der Waals surface area contributed by atoms with Crippen LogP contribution in [0.15, 0.2) is 48.6 Å². The Morgan fingerprint density at radius 1 is 0.969 bits per heavy atom. The van der Waals surface area contributed by atoms with E-state index in [1.807, 2.05) is 12.2 Å². The van der Waals surface area contributed by atoms with Crippen LogP contribution in [0.1, 0.15) is 6.42 Å². The third kappa shape index (κ3) is 2.92. The van der Waals surface area contributed by atoms with Crippen LogP contribution in [0.4, 0.5) is 22.7 Å². The maximum Gasteiger partial charge on any atom is 0.294 e. The topological polar surface area (TPSA) is 111 Å². The van der Waals surface area contributed by atoms with Gasteiger partial charge in [-0.1, -0.05) is 12.2 Å². The third-order valence-corrected chi connectivity index (χ3v) is 6.57. The normalized spacial score (nSPS) is 25.2. The summed E-state index contributed by atoms with van der Waals surface area (Å²) in [6.07, 6.45) is 4.85. The van der Waals surface area contributed by atoms with E-state index in [0.717, 1.165) is 11.3 Å². The summed E-state index contributed by atoms with van der Waals surface area (Å²) in [7, 11) is 3.02. The van der Waals surface area contributed by atoms with Gasteiger partial charge in [0.2, 0.25) is 11.8 Å². The number of hydrogen-bond acceptors (Lipinski definition) is 7. The van der Waals surface area contributed by atoms with Crippen LogP contribution in [0.5, 0.6) is 11.5 Å². The lowest BCUT2D eigenvalue weighted by Gasteiger charge is -2.18. The zero-order valence-corrected chi connectivity index (χ0v) is 17.5. The van der Waals surface area contributed by atoms with Crippen molar-refractivity contribution in [2.75, 3.05) is 24.4 Å². The maximum atomic E-state index is 13.0. The molecule has 4 atom stereocenters. The van der Waals surface area contributed by atoms with E-state index in [4.69, 9.17) is 9.47 Å². The number of hydrogen-bond donors (Lipinski definition) is 1. The van der Waals surface area contributed by atoms with Gasteiger partial charge in [0, 0.05) is 17.8 Å². The molecule has 1 heterocycles. The Kier molecular flexibility index (Phi) is 4.61. The van der Waals surface area contributed by atoms with Gasteiger partial charge in [-0.05, 0) is 42.5 Å². The molecule has 2 aromatic rings. The summed E-state index contributed by atoms with van der Waals surface area (Å²) in [5.41, 5.74) is 0.769. The number of fused-ring (bicyclic) bond motifs is 5. The van der Waals surface area contributed by atoms with Crippen LogP contribution in [0.3, 0.4) is 0 Å². The van der Waals surface area contributed by atoms with Crippen LogP contribution in [0.2, 0.25) is 0 Å². The highest BCUT2D eigenvalue weighted by molar-refractivity contribution is 6.23. The number of carbonyl (C=O) groups is 2. The second kappa shape index (κ2) is 7.37. The van der Waals surface area contributed by atoms with Gasteiger partial charge in [0.05, 0.1) is 36.7 Å². The largest absolute Gasteiger partial charge is 0.493 e. The molecule has 2 aromatic carbocycles. The molecule has 0 spiro atoms. The summed E-state index contributed by atoms with van der Waals surface area (Å²) in [5, 5.41) is 14.8. The van der Waals surface area contributed by atoms with Gasteiger partial charge in [-0.25, -0.2) is 4.90 Å². The Morgan fingerprint density at radius 3 is 2.22 bits per heavy atom. The fourth-order valence-corrected chi connectivity index (χ4v) is 5.14. The van der Waals surface area contributed by atoms with Crippen molar-refractivity contribution in [3.05, 3.63) is 58.7 Å². The number of nitro benzene ring substituents is 1. The van der Waals surface area contributed by atoms with E-state index in [0.29, 0.717) is 17.2 Å². The zero-order valence-electron chi connectivity index (χ0n) is 17.5. The molecule has 9 nitrogen and oxygen atoms in total. The number of benzene rings is 2. The van der Waals surface area contributed by atoms with Crippen LogP contribution in [-0.4, -0.2) is 31.0 Å². The number of ether oxygens (including phenoxy) is 2. The molecular formula is C23H21N3O6. The molecule has 2 bridgehead atoms. The number of nitrogens with zero attached hydrogens (tertiary/aromatic N) is 2. The fraction of sp³-hybridized carbons (Fsp3) is 0.304. The number of methoxy groups -OCH3 is 2. The first-order chi connectivity index (χ1) is 15.4. The number of anilines is 3. The lowest BCUT2D eigenvalue weighted by atomic mass is 9.85. The molecule has 0 aromatic heterocycles. The molecule has 0 unspecified atom stereocenters. The van der Waals surface area contributed by atoms with Crippen molar-refractivity contribution in [1.82, 2.24) is 0 Å². The van der Waals surface area contributed by atoms with E-state index in [1.165, 1.54) is 26.4 Å². The smallest absolute Gasteiger partial charge is 0.294 e. The minimum Gasteiger partial charge on any atom is -0.493 e. The van der Waals surface area contributed by atoms with Gasteiger partial charge in [-0.3, -0.25) is 19.7 Å². The average molecular weight is 435 g/mol. The number of carbonyl (C=O) groups excluding carboxylic acids is 2. The van der Waals surface area contributed by atoms with Crippen molar-refractivity contribution in [1.29, 1.82) is 0 Å². The van der Waals surface area contributed by atoms with E-state index in [2.05, 4.69) is 5.32 Å². The second-order valence-corrected chi connectivity index (χ2v) is 8.17. The number of allylic oxidation sites excluding steroid dienone is 2. The van der Waals surface area contributed by atoms with Gasteiger partial charge in [0.25, 0.3) is 5.69 Å². The quantitative estimate of drug-likeness (QED) is 0.319. The van der Waals surface area contributed by atoms with Crippen LogP contribution in [-0.2, 0) is 9.59 Å². The lowest BCUT2D eigenvalue weighted by molar-refractivity contribution is -0.383. The Hall–Kier alpha value is -3.88. The highest BCUT2D eigenvalue weighted by Gasteiger charge is 2.59. The highest BCUT2D eigenvalue weighted by atomic mass is 16.6. The SMILES string of the molecule is COc1ccc(Nc2ccc(N3C(=O)[C@@H]4[C@H](C3=O)[C@H]3C=C[C@H]4C3)cc2[N+](=O)[O-])cc1OC. The first kappa shape index (κ1) is 20.0. The van der Waals surface area contributed by atoms with E-state index in [9.17, 15) is 19.7 Å². The Balaban J connectivity index is 1.46. The lowest BCUT2D eigenvalue weighted by Crippen LogP contribution is -2.32. The molecule has 164 valence electrons. The summed E-state index contributed by atoms with van der Waals surface area (Å²) in [5.74, 6) is -0.108. The van der Waals surface area contributed by atoms with E-state index in [1.54, 1.807) is 24.3 Å². The minimum absolute atomic E-state index is 0.0763. The molecule has 3 aliphatic rings. The van der Waals surface area contributed by atoms with Crippen LogP contribution >= 0.6 is 0 Å². The fourth-order valence-electron chi connectivity index (χ4n) is 5.14. The molecule has 5 rings (SSSR count). The molecule has 2 fully saturated rings. The molecule has 9 heteroatoms. The molecular weight excluding hydrogens is 414 g/mol. The summed E-state index contributed by atoms with van der Waals surface area (Å²) >= 11 is 0. The monoisotopic (exact) mass is 435 g/mol. The zero-order chi connectivity index (χ0) is 22.6. The van der Waals surface area contributed by atoms with Gasteiger partial charge in [-0.2, -0.15) is 0 Å². The molecule has 0 radical (unpaired) electrons. The van der Waals surface area contributed by atoms with Gasteiger partial charge < -0.3 is 14.8 Å². The first-order valence-corrected chi connectivity index (χ1v) is 10.3. The maximum absolute atomic E-state index is 13.0. The van der Waals surface area contributed by atoms with Crippen molar-refractivity contribution < 1.29 is 24.0 Å². The Bertz CT molecular complexity index is 1150. The van der Waals surface area contributed by atoms with Gasteiger partial charge in [-0.15, -0.1) is 0 Å². The summed E-state index contributed by atoms with van der Waals surface area (Å²) in [4.78, 5) is 38.5. The van der Waals surface area contributed by atoms with Gasteiger partial charge in [0.15, 0.2) is 11.5 Å². The molecule has 1 saturated heterocycles. The number of imide groups is 1. The number of nitro groups is 1. The molecule has 1 aliphatic heterocycles. The van der Waals surface area contributed by atoms with Crippen molar-refractivity contribution >= 4 is 34.6 Å². The van der Waals surface area contributed by atoms with Crippen LogP contribution in [0, 0.1) is 33.8 Å². The summed E-state index contributed by atoms with van der Waals surface area (Å²) in [6, 6.07) is 9.39. The van der Waals surface area contributed by atoms with Gasteiger partial charge in [0.1, 0.15) is 5.69 Å². The number of nitrogens with one attached hydrogen (secondary N) is 1. The van der Waals surface area contributed by atoms with Crippen LogP contribution in [0.25, 0.3) is 0 Å². The van der Waals surface area contributed by atoms with Crippen LogP contribution < -0.4 is 19.7 Å². The Labute approximate surface area is 183 Å². The second-order valence-electron chi connectivity index (χ2n) is 8.17. The summed E-state index contributed by atoms with van der Waals surface area (Å²) < 4.78 is 10.5. The molecule has 1 saturated carbocycles. The molecule has 2 amide bonds. The van der Waals surface area contributed by atoms with E-state index >= 15 is 0 Å². The number of rotatable bonds is 6. The third-order valence-electron chi connectivity index (χ3n) is 6.57. The standard InChI is InChI=1S/C23H21N3O6/c1-31-18-8-5-14(10-19(18)32-2)24-16-7-6-15(11-17(16)26(29)30)25-22(27)20-12-3-4-13(9-12)21(20)23(25)28/h3-8,10-13,20-21,24H,9H2,1-2H3/t12-,13-,20-,21+/m0/s1. The molecule has 2 aliphatic carbocycles. The first-order valence-electron chi connectivity index (χ1n) is 10.3. The predicted molar refractivity (Wildman–Crippen MR) is 116 cm³/mol. The average Bonchev–Trinajstić information content (AvgIpc) is 3.47. The summed E-state index contributed by atoms with van der Waals surface area (Å²) in [6.45, 7) is 0. The van der Waals surface area contributed by atoms with Crippen molar-refractivity contribution in [2.24, 2.45) is 23.7 Å². The number of amides is 2. The predicted octanol–water partition coefficient (Wildman–Crippen LogP) is 3.67. The Morgan fingerprint density at radius 2 is 1.62 bits per heavy atom. The van der Waals surface area contributed by atoms with Gasteiger partial charge >= 0.3 is 0 Å². The van der Waals surface area contributed by atoms with E-state index in [-0.39, 0.29) is 52.5 Å².